The fourth-order valence-electron chi connectivity index (χ4n) is 3.92. The Labute approximate surface area is 188 Å². The Balaban J connectivity index is 1.33. The number of rotatable bonds is 9. The maximum Gasteiger partial charge on any atom is 0.234 e. The zero-order valence-electron chi connectivity index (χ0n) is 18.9. The average molecular weight is 435 g/mol. The third kappa shape index (κ3) is 5.11. The number of nitrogens with one attached hydrogen (secondary N) is 1. The summed E-state index contributed by atoms with van der Waals surface area (Å²) in [6, 6.07) is 16.2. The molecule has 0 atom stereocenters. The van der Waals surface area contributed by atoms with Crippen LogP contribution < -0.4 is 14.8 Å². The minimum Gasteiger partial charge on any atom is -0.454 e. The van der Waals surface area contributed by atoms with Gasteiger partial charge in [-0.3, -0.25) is 14.4 Å². The molecule has 168 valence electrons. The van der Waals surface area contributed by atoms with E-state index < -0.39 is 0 Å². The second kappa shape index (κ2) is 9.87. The maximum atomic E-state index is 12.7. The van der Waals surface area contributed by atoms with E-state index in [4.69, 9.17) is 9.47 Å². The van der Waals surface area contributed by atoms with Crippen molar-refractivity contribution in [1.82, 2.24) is 20.0 Å². The van der Waals surface area contributed by atoms with Crippen molar-refractivity contribution in [2.45, 2.75) is 40.4 Å². The molecule has 0 fully saturated rings. The number of carbonyl (C=O) groups is 1. The highest BCUT2D eigenvalue weighted by molar-refractivity contribution is 5.78. The molecule has 32 heavy (non-hydrogen) atoms. The number of nitrogens with zero attached hydrogens (tertiary/aromatic N) is 3. The largest absolute Gasteiger partial charge is 0.454 e. The summed E-state index contributed by atoms with van der Waals surface area (Å²) in [6.07, 6.45) is 0. The van der Waals surface area contributed by atoms with Crippen LogP contribution in [0.25, 0.3) is 0 Å². The van der Waals surface area contributed by atoms with Gasteiger partial charge in [0.25, 0.3) is 0 Å². The quantitative estimate of drug-likeness (QED) is 0.559. The lowest BCUT2D eigenvalue weighted by atomic mass is 10.2. The van der Waals surface area contributed by atoms with E-state index in [1.807, 2.05) is 48.0 Å². The van der Waals surface area contributed by atoms with Crippen molar-refractivity contribution in [2.24, 2.45) is 0 Å². The number of aryl methyl sites for hydroxylation is 1. The van der Waals surface area contributed by atoms with Crippen LogP contribution >= 0.6 is 0 Å². The summed E-state index contributed by atoms with van der Waals surface area (Å²) in [7, 11) is 0. The molecule has 0 unspecified atom stereocenters. The number of ether oxygens (including phenoxy) is 2. The summed E-state index contributed by atoms with van der Waals surface area (Å²) >= 11 is 0. The molecule has 1 aliphatic rings. The smallest absolute Gasteiger partial charge is 0.234 e. The van der Waals surface area contributed by atoms with Crippen molar-refractivity contribution in [1.29, 1.82) is 0 Å². The first-order valence-corrected chi connectivity index (χ1v) is 11.0. The number of benzene rings is 2. The average Bonchev–Trinajstić information content (AvgIpc) is 3.36. The maximum absolute atomic E-state index is 12.7. The van der Waals surface area contributed by atoms with Gasteiger partial charge in [0.2, 0.25) is 12.7 Å². The van der Waals surface area contributed by atoms with Crippen LogP contribution in [-0.2, 0) is 24.4 Å². The van der Waals surface area contributed by atoms with Gasteiger partial charge in [0.05, 0.1) is 18.8 Å². The summed E-state index contributed by atoms with van der Waals surface area (Å²) in [4.78, 5) is 14.8. The second-order valence-corrected chi connectivity index (χ2v) is 8.06. The molecule has 2 aromatic carbocycles. The topological polar surface area (TPSA) is 68.6 Å². The standard InChI is InChI=1S/C25H30N4O3/c1-4-28(14-21-10-11-23-24(12-21)32-17-31-23)16-25(30)26-13-22-18(2)27-29(19(22)3)15-20-8-6-5-7-9-20/h5-12H,4,13-17H2,1-3H3,(H,26,30). The lowest BCUT2D eigenvalue weighted by Crippen LogP contribution is -2.36. The highest BCUT2D eigenvalue weighted by atomic mass is 16.7. The molecule has 0 aliphatic carbocycles. The van der Waals surface area contributed by atoms with Crippen LogP contribution in [0.2, 0.25) is 0 Å². The Morgan fingerprint density at radius 3 is 2.66 bits per heavy atom. The minimum atomic E-state index is 0.00204. The molecule has 1 amide bonds. The SMILES string of the molecule is CCN(CC(=O)NCc1c(C)nn(Cc2ccccc2)c1C)Cc1ccc2c(c1)OCO2. The first-order valence-electron chi connectivity index (χ1n) is 11.0. The Morgan fingerprint density at radius 1 is 1.09 bits per heavy atom. The van der Waals surface area contributed by atoms with E-state index in [1.54, 1.807) is 0 Å². The van der Waals surface area contributed by atoms with Crippen LogP contribution in [0.4, 0.5) is 0 Å². The first-order chi connectivity index (χ1) is 15.5. The van der Waals surface area contributed by atoms with E-state index in [-0.39, 0.29) is 12.7 Å². The van der Waals surface area contributed by atoms with Gasteiger partial charge in [-0.15, -0.1) is 0 Å². The van der Waals surface area contributed by atoms with E-state index in [9.17, 15) is 4.79 Å². The van der Waals surface area contributed by atoms with Gasteiger partial charge in [0, 0.05) is 24.3 Å². The number of hydrogen-bond acceptors (Lipinski definition) is 5. The van der Waals surface area contributed by atoms with Crippen molar-refractivity contribution < 1.29 is 14.3 Å². The van der Waals surface area contributed by atoms with Crippen LogP contribution in [0, 0.1) is 13.8 Å². The third-order valence-corrected chi connectivity index (χ3v) is 5.83. The highest BCUT2D eigenvalue weighted by Crippen LogP contribution is 2.32. The van der Waals surface area contributed by atoms with E-state index in [2.05, 4.69) is 41.3 Å². The Morgan fingerprint density at radius 2 is 1.88 bits per heavy atom. The van der Waals surface area contributed by atoms with Crippen LogP contribution in [0.1, 0.15) is 35.0 Å². The van der Waals surface area contributed by atoms with Gasteiger partial charge in [-0.1, -0.05) is 43.3 Å². The second-order valence-electron chi connectivity index (χ2n) is 8.06. The molecule has 0 saturated heterocycles. The van der Waals surface area contributed by atoms with Gasteiger partial charge in [0.15, 0.2) is 11.5 Å². The van der Waals surface area contributed by atoms with Crippen LogP contribution in [0.15, 0.2) is 48.5 Å². The Kier molecular flexibility index (Phi) is 6.75. The molecule has 2 heterocycles. The Hall–Kier alpha value is -3.32. The molecule has 0 saturated carbocycles. The van der Waals surface area contributed by atoms with Gasteiger partial charge >= 0.3 is 0 Å². The molecule has 7 heteroatoms. The van der Waals surface area contributed by atoms with Gasteiger partial charge in [-0.05, 0) is 43.7 Å². The number of amides is 1. The fourth-order valence-corrected chi connectivity index (χ4v) is 3.92. The van der Waals surface area contributed by atoms with E-state index in [1.165, 1.54) is 5.56 Å². The van der Waals surface area contributed by atoms with E-state index in [0.29, 0.717) is 19.6 Å². The van der Waals surface area contributed by atoms with E-state index in [0.717, 1.165) is 47.1 Å². The number of aromatic nitrogens is 2. The van der Waals surface area contributed by atoms with Crippen LogP contribution in [0.5, 0.6) is 11.5 Å². The monoisotopic (exact) mass is 434 g/mol. The fraction of sp³-hybridized carbons (Fsp3) is 0.360. The molecular formula is C25H30N4O3. The summed E-state index contributed by atoms with van der Waals surface area (Å²) in [5.74, 6) is 1.54. The van der Waals surface area contributed by atoms with Crippen molar-refractivity contribution in [3.63, 3.8) is 0 Å². The molecule has 1 aromatic heterocycles. The lowest BCUT2D eigenvalue weighted by Gasteiger charge is -2.20. The van der Waals surface area contributed by atoms with Gasteiger partial charge in [-0.2, -0.15) is 5.10 Å². The molecule has 1 N–H and O–H groups in total. The zero-order chi connectivity index (χ0) is 22.5. The van der Waals surface area contributed by atoms with Crippen molar-refractivity contribution in [2.75, 3.05) is 19.9 Å². The Bertz CT molecular complexity index is 1080. The van der Waals surface area contributed by atoms with Gasteiger partial charge in [0.1, 0.15) is 0 Å². The molecule has 7 nitrogen and oxygen atoms in total. The molecular weight excluding hydrogens is 404 g/mol. The van der Waals surface area contributed by atoms with Gasteiger partial charge < -0.3 is 14.8 Å². The van der Waals surface area contributed by atoms with Crippen molar-refractivity contribution >= 4 is 5.91 Å². The minimum absolute atomic E-state index is 0.00204. The normalized spacial score (nSPS) is 12.4. The molecule has 0 spiro atoms. The van der Waals surface area contributed by atoms with Crippen LogP contribution in [0.3, 0.4) is 0 Å². The lowest BCUT2D eigenvalue weighted by molar-refractivity contribution is -0.122. The molecule has 1 aliphatic heterocycles. The van der Waals surface area contributed by atoms with Gasteiger partial charge in [-0.25, -0.2) is 0 Å². The van der Waals surface area contributed by atoms with E-state index >= 15 is 0 Å². The molecule has 0 bridgehead atoms. The first kappa shape index (κ1) is 21.9. The third-order valence-electron chi connectivity index (χ3n) is 5.83. The molecule has 3 aromatic rings. The number of carbonyl (C=O) groups excluding carboxylic acids is 1. The highest BCUT2D eigenvalue weighted by Gasteiger charge is 2.17. The van der Waals surface area contributed by atoms with Crippen LogP contribution in [-0.4, -0.2) is 40.5 Å². The number of likely N-dealkylation sites (N-methyl/N-ethyl adjacent to an activating group) is 1. The summed E-state index contributed by atoms with van der Waals surface area (Å²) in [6.45, 7) is 9.36. The van der Waals surface area contributed by atoms with Crippen molar-refractivity contribution in [3.05, 3.63) is 76.6 Å². The zero-order valence-corrected chi connectivity index (χ0v) is 18.9. The summed E-state index contributed by atoms with van der Waals surface area (Å²) in [5.41, 5.74) is 5.41. The van der Waals surface area contributed by atoms with Crippen molar-refractivity contribution in [3.8, 4) is 11.5 Å². The predicted molar refractivity (Wildman–Crippen MR) is 123 cm³/mol. The number of hydrogen-bond donors (Lipinski definition) is 1. The predicted octanol–water partition coefficient (Wildman–Crippen LogP) is 3.42. The summed E-state index contributed by atoms with van der Waals surface area (Å²) in [5, 5.41) is 7.75. The molecule has 0 radical (unpaired) electrons. The molecule has 4 rings (SSSR count). The summed E-state index contributed by atoms with van der Waals surface area (Å²) < 4.78 is 12.8. The number of fused-ring (bicyclic) bond motifs is 1.